The Morgan fingerprint density at radius 1 is 1.53 bits per heavy atom. The van der Waals surface area contributed by atoms with Crippen LogP contribution in [0.15, 0.2) is 16.6 Å². The van der Waals surface area contributed by atoms with Crippen LogP contribution in [-0.2, 0) is 0 Å². The van der Waals surface area contributed by atoms with E-state index in [0.717, 1.165) is 12.8 Å². The highest BCUT2D eigenvalue weighted by Crippen LogP contribution is 2.35. The second-order valence-electron chi connectivity index (χ2n) is 3.54. The van der Waals surface area contributed by atoms with Gasteiger partial charge in [-0.3, -0.25) is 10.1 Å². The van der Waals surface area contributed by atoms with E-state index in [1.807, 2.05) is 0 Å². The number of benzene rings is 1. The molecule has 1 N–H and O–H groups in total. The summed E-state index contributed by atoms with van der Waals surface area (Å²) in [6, 6.07) is 3.09. The van der Waals surface area contributed by atoms with Gasteiger partial charge in [0.2, 0.25) is 0 Å². The van der Waals surface area contributed by atoms with Crippen LogP contribution in [0.1, 0.15) is 19.8 Å². The molecule has 17 heavy (non-hydrogen) atoms. The molecule has 1 aromatic carbocycles. The Hall–Kier alpha value is -1.30. The van der Waals surface area contributed by atoms with E-state index in [1.54, 1.807) is 6.07 Å². The van der Waals surface area contributed by atoms with Crippen molar-refractivity contribution in [3.05, 3.63) is 26.7 Å². The number of nitrogens with zero attached hydrogens (tertiary/aromatic N) is 1. The minimum Gasteiger partial charge on any atom is -0.495 e. The highest BCUT2D eigenvalue weighted by Gasteiger charge is 2.17. The Morgan fingerprint density at radius 2 is 2.24 bits per heavy atom. The quantitative estimate of drug-likeness (QED) is 0.495. The van der Waals surface area contributed by atoms with Gasteiger partial charge in [0, 0.05) is 18.7 Å². The average molecular weight is 303 g/mol. The predicted molar refractivity (Wildman–Crippen MR) is 70.7 cm³/mol. The van der Waals surface area contributed by atoms with Crippen LogP contribution >= 0.6 is 15.9 Å². The highest BCUT2D eigenvalue weighted by molar-refractivity contribution is 9.10. The first-order chi connectivity index (χ1) is 8.10. The summed E-state index contributed by atoms with van der Waals surface area (Å²) in [5.41, 5.74) is 0.539. The zero-order valence-corrected chi connectivity index (χ0v) is 11.4. The SMILES string of the molecule is CCCCNc1cc(OC)c(Br)cc1[N+](=O)[O-]. The van der Waals surface area contributed by atoms with Crippen LogP contribution in [0.2, 0.25) is 0 Å². The van der Waals surface area contributed by atoms with Gasteiger partial charge in [0.1, 0.15) is 11.4 Å². The van der Waals surface area contributed by atoms with E-state index < -0.39 is 4.92 Å². The minimum atomic E-state index is -0.404. The molecule has 1 aromatic rings. The van der Waals surface area contributed by atoms with Crippen molar-refractivity contribution in [1.82, 2.24) is 0 Å². The molecular weight excluding hydrogens is 288 g/mol. The van der Waals surface area contributed by atoms with Crippen molar-refractivity contribution in [3.63, 3.8) is 0 Å². The molecule has 5 nitrogen and oxygen atoms in total. The van der Waals surface area contributed by atoms with Crippen LogP contribution in [0, 0.1) is 10.1 Å². The molecule has 0 aliphatic rings. The summed E-state index contributed by atoms with van der Waals surface area (Å²) >= 11 is 3.23. The topological polar surface area (TPSA) is 64.4 Å². The molecule has 94 valence electrons. The Balaban J connectivity index is 3.01. The standard InChI is InChI=1S/C11H15BrN2O3/c1-3-4-5-13-9-7-11(17-2)8(12)6-10(9)14(15)16/h6-7,13H,3-5H2,1-2H3. The maximum absolute atomic E-state index is 10.9. The fourth-order valence-corrected chi connectivity index (χ4v) is 1.88. The van der Waals surface area contributed by atoms with Crippen LogP contribution in [0.5, 0.6) is 5.75 Å². The van der Waals surface area contributed by atoms with Gasteiger partial charge in [-0.2, -0.15) is 0 Å². The fourth-order valence-electron chi connectivity index (χ4n) is 1.39. The first-order valence-corrected chi connectivity index (χ1v) is 6.15. The molecule has 0 unspecified atom stereocenters. The first kappa shape index (κ1) is 13.8. The summed E-state index contributed by atoms with van der Waals surface area (Å²) in [5, 5.41) is 14.0. The lowest BCUT2D eigenvalue weighted by atomic mass is 10.2. The number of methoxy groups -OCH3 is 1. The van der Waals surface area contributed by atoms with Crippen molar-refractivity contribution in [2.24, 2.45) is 0 Å². The van der Waals surface area contributed by atoms with Crippen LogP contribution in [-0.4, -0.2) is 18.6 Å². The Morgan fingerprint density at radius 3 is 2.76 bits per heavy atom. The molecule has 0 aliphatic carbocycles. The van der Waals surface area contributed by atoms with Crippen molar-refractivity contribution < 1.29 is 9.66 Å². The number of ether oxygens (including phenoxy) is 1. The van der Waals surface area contributed by atoms with Gasteiger partial charge >= 0.3 is 0 Å². The molecule has 0 atom stereocenters. The highest BCUT2D eigenvalue weighted by atomic mass is 79.9. The largest absolute Gasteiger partial charge is 0.495 e. The lowest BCUT2D eigenvalue weighted by molar-refractivity contribution is -0.384. The molecule has 0 saturated heterocycles. The number of rotatable bonds is 6. The third-order valence-corrected chi connectivity index (χ3v) is 2.93. The summed E-state index contributed by atoms with van der Waals surface area (Å²) in [6.45, 7) is 2.78. The summed E-state index contributed by atoms with van der Waals surface area (Å²) in [4.78, 5) is 10.5. The molecule has 0 heterocycles. The second-order valence-corrected chi connectivity index (χ2v) is 4.40. The number of nitrogens with one attached hydrogen (secondary N) is 1. The van der Waals surface area contributed by atoms with Gasteiger partial charge in [-0.1, -0.05) is 13.3 Å². The Labute approximate surface area is 108 Å². The molecule has 0 fully saturated rings. The van der Waals surface area contributed by atoms with E-state index in [0.29, 0.717) is 22.5 Å². The number of halogens is 1. The van der Waals surface area contributed by atoms with Crippen molar-refractivity contribution in [2.75, 3.05) is 19.0 Å². The number of hydrogen-bond acceptors (Lipinski definition) is 4. The maximum Gasteiger partial charge on any atom is 0.293 e. The summed E-state index contributed by atoms with van der Waals surface area (Å²) in [6.07, 6.45) is 2.00. The monoisotopic (exact) mass is 302 g/mol. The zero-order valence-electron chi connectivity index (χ0n) is 9.83. The van der Waals surface area contributed by atoms with E-state index in [9.17, 15) is 10.1 Å². The lowest BCUT2D eigenvalue weighted by Crippen LogP contribution is -2.04. The molecule has 0 bridgehead atoms. The fraction of sp³-hybridized carbons (Fsp3) is 0.455. The summed E-state index contributed by atoms with van der Waals surface area (Å²) < 4.78 is 5.69. The molecule has 6 heteroatoms. The van der Waals surface area contributed by atoms with Gasteiger partial charge < -0.3 is 10.1 Å². The summed E-state index contributed by atoms with van der Waals surface area (Å²) in [7, 11) is 1.53. The maximum atomic E-state index is 10.9. The predicted octanol–water partition coefficient (Wildman–Crippen LogP) is 3.58. The zero-order chi connectivity index (χ0) is 12.8. The molecule has 0 radical (unpaired) electrons. The average Bonchev–Trinajstić information content (AvgIpc) is 2.30. The van der Waals surface area contributed by atoms with E-state index in [2.05, 4.69) is 28.2 Å². The Kier molecular flexibility index (Phi) is 5.21. The van der Waals surface area contributed by atoms with Gasteiger partial charge in [-0.15, -0.1) is 0 Å². The van der Waals surface area contributed by atoms with Gasteiger partial charge in [-0.05, 0) is 22.4 Å². The lowest BCUT2D eigenvalue weighted by Gasteiger charge is -2.09. The van der Waals surface area contributed by atoms with Gasteiger partial charge in [-0.25, -0.2) is 0 Å². The van der Waals surface area contributed by atoms with Gasteiger partial charge in [0.25, 0.3) is 5.69 Å². The van der Waals surface area contributed by atoms with Crippen molar-refractivity contribution in [2.45, 2.75) is 19.8 Å². The number of nitro benzene ring substituents is 1. The third kappa shape index (κ3) is 3.59. The molecule has 0 aromatic heterocycles. The van der Waals surface area contributed by atoms with Crippen LogP contribution < -0.4 is 10.1 Å². The second kappa shape index (κ2) is 6.44. The third-order valence-electron chi connectivity index (χ3n) is 2.31. The molecule has 0 amide bonds. The number of hydrogen-bond donors (Lipinski definition) is 1. The van der Waals surface area contributed by atoms with Crippen molar-refractivity contribution in [1.29, 1.82) is 0 Å². The molecule has 0 saturated carbocycles. The number of unbranched alkanes of at least 4 members (excludes halogenated alkanes) is 1. The van der Waals surface area contributed by atoms with Crippen molar-refractivity contribution >= 4 is 27.3 Å². The molecule has 0 aliphatic heterocycles. The van der Waals surface area contributed by atoms with E-state index in [1.165, 1.54) is 13.2 Å². The van der Waals surface area contributed by atoms with E-state index in [-0.39, 0.29) is 5.69 Å². The minimum absolute atomic E-state index is 0.0498. The van der Waals surface area contributed by atoms with Crippen molar-refractivity contribution in [3.8, 4) is 5.75 Å². The number of anilines is 1. The molecule has 0 spiro atoms. The van der Waals surface area contributed by atoms with Crippen LogP contribution in [0.4, 0.5) is 11.4 Å². The van der Waals surface area contributed by atoms with Crippen LogP contribution in [0.3, 0.4) is 0 Å². The van der Waals surface area contributed by atoms with Crippen LogP contribution in [0.25, 0.3) is 0 Å². The van der Waals surface area contributed by atoms with Gasteiger partial charge in [0.15, 0.2) is 0 Å². The Bertz CT molecular complexity index is 410. The van der Waals surface area contributed by atoms with E-state index >= 15 is 0 Å². The summed E-state index contributed by atoms with van der Waals surface area (Å²) in [5.74, 6) is 0.578. The number of nitro groups is 1. The normalized spacial score (nSPS) is 10.1. The van der Waals surface area contributed by atoms with Gasteiger partial charge in [0.05, 0.1) is 16.5 Å². The molecular formula is C11H15BrN2O3. The molecule has 1 rings (SSSR count). The van der Waals surface area contributed by atoms with E-state index in [4.69, 9.17) is 4.74 Å². The smallest absolute Gasteiger partial charge is 0.293 e. The first-order valence-electron chi connectivity index (χ1n) is 5.36.